The van der Waals surface area contributed by atoms with Gasteiger partial charge < -0.3 is 26.2 Å². The van der Waals surface area contributed by atoms with Crippen LogP contribution in [-0.4, -0.2) is 111 Å². The maximum atomic E-state index is 14.6. The number of hydrogen-bond acceptors (Lipinski definition) is 9. The number of nitrogens with zero attached hydrogens (tertiary/aromatic N) is 2. The highest BCUT2D eigenvalue weighted by Crippen LogP contribution is 2.52. The fraction of sp³-hybridized carbons (Fsp3) is 0.757. The van der Waals surface area contributed by atoms with Crippen molar-refractivity contribution in [3.63, 3.8) is 0 Å². The van der Waals surface area contributed by atoms with Gasteiger partial charge in [-0.3, -0.25) is 33.7 Å². The quantitative estimate of drug-likeness (QED) is 0.117. The van der Waals surface area contributed by atoms with Crippen molar-refractivity contribution in [3.05, 3.63) is 12.7 Å². The summed E-state index contributed by atoms with van der Waals surface area (Å²) in [5.41, 5.74) is -1.77. The maximum Gasteiger partial charge on any atom is 0.315 e. The number of unbranched alkanes of at least 4 members (excludes halogenated alkanes) is 1. The molecule has 1 spiro atoms. The zero-order chi connectivity index (χ0) is 39.2. The maximum absolute atomic E-state index is 14.6. The number of hydrogen-bond donors (Lipinski definition) is 4. The van der Waals surface area contributed by atoms with Crippen molar-refractivity contribution in [1.82, 2.24) is 31.1 Å². The third kappa shape index (κ3) is 11.2. The van der Waals surface area contributed by atoms with Crippen LogP contribution in [0.2, 0.25) is 0 Å². The molecule has 3 aliphatic rings. The Morgan fingerprint density at radius 1 is 0.942 bits per heavy atom. The Bertz CT molecular complexity index is 1380. The number of rotatable bonds is 14. The van der Waals surface area contributed by atoms with Crippen LogP contribution in [0.25, 0.3) is 0 Å². The first kappa shape index (κ1) is 43.3. The molecule has 0 aliphatic carbocycles. The van der Waals surface area contributed by atoms with Gasteiger partial charge in [0, 0.05) is 50.4 Å². The molecule has 3 heterocycles. The minimum Gasteiger partial charge on any atom is -0.346 e. The number of amides is 7. The van der Waals surface area contributed by atoms with Crippen LogP contribution in [0.5, 0.6) is 0 Å². The van der Waals surface area contributed by atoms with Crippen LogP contribution in [-0.2, 0) is 28.8 Å². The Kier molecular flexibility index (Phi) is 14.5. The van der Waals surface area contributed by atoms with Crippen LogP contribution in [0.4, 0.5) is 4.79 Å². The Hall–Kier alpha value is -3.07. The molecule has 0 aromatic carbocycles. The molecule has 1 unspecified atom stereocenters. The number of carbonyl (C=O) groups is 7. The minimum atomic E-state index is -1.06. The number of piperidine rings is 1. The van der Waals surface area contributed by atoms with E-state index in [9.17, 15) is 33.6 Å². The van der Waals surface area contributed by atoms with Gasteiger partial charge in [-0.2, -0.15) is 0 Å². The molecule has 0 aromatic rings. The third-order valence-corrected chi connectivity index (χ3v) is 13.2. The van der Waals surface area contributed by atoms with E-state index in [1.165, 1.54) is 15.9 Å². The number of imide groups is 1. The van der Waals surface area contributed by atoms with E-state index in [4.69, 9.17) is 0 Å². The first-order valence-electron chi connectivity index (χ1n) is 18.3. The topological polar surface area (TPSA) is 174 Å². The molecule has 3 saturated heterocycles. The highest BCUT2D eigenvalue weighted by atomic mass is 32.2. The van der Waals surface area contributed by atoms with E-state index in [1.54, 1.807) is 23.5 Å². The molecule has 13 nitrogen and oxygen atoms in total. The van der Waals surface area contributed by atoms with Gasteiger partial charge in [0.1, 0.15) is 12.1 Å². The van der Waals surface area contributed by atoms with Crippen molar-refractivity contribution in [2.75, 3.05) is 31.1 Å². The molecule has 15 heteroatoms. The van der Waals surface area contributed by atoms with Gasteiger partial charge in [0.05, 0.1) is 16.2 Å². The van der Waals surface area contributed by atoms with Gasteiger partial charge in [0.15, 0.2) is 0 Å². The first-order valence-corrected chi connectivity index (χ1v) is 20.2. The summed E-state index contributed by atoms with van der Waals surface area (Å²) in [5, 5.41) is 11.1. The molecular formula is C37H60N6O7S2. The van der Waals surface area contributed by atoms with Crippen LogP contribution in [0.1, 0.15) is 101 Å². The van der Waals surface area contributed by atoms with Crippen molar-refractivity contribution >= 4 is 64.9 Å². The molecule has 3 fully saturated rings. The Balaban J connectivity index is 1.85. The second-order valence-corrected chi connectivity index (χ2v) is 20.3. The van der Waals surface area contributed by atoms with E-state index in [0.717, 1.165) is 17.9 Å². The summed E-state index contributed by atoms with van der Waals surface area (Å²) in [4.78, 5) is 96.8. The lowest BCUT2D eigenvalue weighted by molar-refractivity contribution is -0.153. The number of likely N-dealkylation sites (tertiary alicyclic amines) is 2. The van der Waals surface area contributed by atoms with E-state index in [-0.39, 0.29) is 50.7 Å². The molecule has 0 saturated carbocycles. The summed E-state index contributed by atoms with van der Waals surface area (Å²) in [6, 6.07) is -4.32. The zero-order valence-corrected chi connectivity index (χ0v) is 34.1. The zero-order valence-electron chi connectivity index (χ0n) is 32.4. The average Bonchev–Trinajstić information content (AvgIpc) is 3.66. The summed E-state index contributed by atoms with van der Waals surface area (Å²) < 4.78 is -0.425. The highest BCUT2D eigenvalue weighted by molar-refractivity contribution is 8.21. The number of nitrogens with one attached hydrogen (secondary N) is 4. The van der Waals surface area contributed by atoms with Crippen molar-refractivity contribution in [2.45, 2.75) is 129 Å². The predicted molar refractivity (Wildman–Crippen MR) is 205 cm³/mol. The molecule has 292 valence electrons. The largest absolute Gasteiger partial charge is 0.346 e. The van der Waals surface area contributed by atoms with E-state index >= 15 is 0 Å². The number of ketones is 1. The van der Waals surface area contributed by atoms with Crippen LogP contribution < -0.4 is 21.3 Å². The van der Waals surface area contributed by atoms with Gasteiger partial charge in [-0.25, -0.2) is 4.79 Å². The van der Waals surface area contributed by atoms with E-state index < -0.39 is 74.0 Å². The lowest BCUT2D eigenvalue weighted by Gasteiger charge is -2.40. The Morgan fingerprint density at radius 2 is 1.54 bits per heavy atom. The average molecular weight is 765 g/mol. The van der Waals surface area contributed by atoms with Gasteiger partial charge in [-0.15, -0.1) is 30.1 Å². The lowest BCUT2D eigenvalue weighted by atomic mass is 9.80. The van der Waals surface area contributed by atoms with Crippen LogP contribution in [0, 0.1) is 16.2 Å². The summed E-state index contributed by atoms with van der Waals surface area (Å²) in [5.74, 6) is -1.38. The van der Waals surface area contributed by atoms with Crippen molar-refractivity contribution in [1.29, 1.82) is 0 Å². The van der Waals surface area contributed by atoms with Gasteiger partial charge in [-0.05, 0) is 22.7 Å². The third-order valence-electron chi connectivity index (χ3n) is 9.77. The van der Waals surface area contributed by atoms with Gasteiger partial charge in [0.2, 0.25) is 29.4 Å². The summed E-state index contributed by atoms with van der Waals surface area (Å²) in [6.45, 7) is 20.8. The molecular weight excluding hydrogens is 705 g/mol. The number of Topliss-reactive ketones (excluding diaryl/α,β-unsaturated/α-hetero) is 1. The predicted octanol–water partition coefficient (Wildman–Crippen LogP) is 3.61. The normalized spacial score (nSPS) is 21.7. The molecule has 0 radical (unpaired) electrons. The number of urea groups is 1. The Morgan fingerprint density at radius 3 is 2.06 bits per heavy atom. The van der Waals surface area contributed by atoms with E-state index in [0.29, 0.717) is 12.8 Å². The molecule has 7 amide bonds. The summed E-state index contributed by atoms with van der Waals surface area (Å²) >= 11 is 3.40. The van der Waals surface area contributed by atoms with Gasteiger partial charge in [-0.1, -0.05) is 81.2 Å². The monoisotopic (exact) mass is 764 g/mol. The highest BCUT2D eigenvalue weighted by Gasteiger charge is 2.53. The molecule has 3 aliphatic heterocycles. The fourth-order valence-electron chi connectivity index (χ4n) is 6.65. The molecule has 52 heavy (non-hydrogen) atoms. The fourth-order valence-corrected chi connectivity index (χ4v) is 9.90. The van der Waals surface area contributed by atoms with Crippen molar-refractivity contribution in [2.24, 2.45) is 16.2 Å². The van der Waals surface area contributed by atoms with Gasteiger partial charge in [0.25, 0.3) is 5.91 Å². The second kappa shape index (κ2) is 17.4. The van der Waals surface area contributed by atoms with Crippen LogP contribution in [0.3, 0.4) is 0 Å². The van der Waals surface area contributed by atoms with E-state index in [2.05, 4.69) is 27.8 Å². The smallest absolute Gasteiger partial charge is 0.315 e. The standard InChI is InChI=1S/C37H60N6O7S2/c1-11-13-14-23(28(46)31(48)38-15-12-2)39-30(47)24-18-37(51-16-17-52-37)22-43(24)32(49)29(35(6,7)8)41-33(50)40-25(34(3,4)5)21-42-26(44)19-36(9,10)20-27(42)45/h12,23-25,29H,2,11,13-22H2,1,3-10H3,(H,38,48)(H,39,47)(H2,40,41,50)/t23?,24-,25-,29+/m0/s1. The van der Waals surface area contributed by atoms with Crippen LogP contribution >= 0.6 is 23.5 Å². The molecule has 3 rings (SSSR count). The summed E-state index contributed by atoms with van der Waals surface area (Å²) in [7, 11) is 0. The van der Waals surface area contributed by atoms with Crippen molar-refractivity contribution < 1.29 is 33.6 Å². The first-order chi connectivity index (χ1) is 24.0. The molecule has 0 aromatic heterocycles. The Labute approximate surface area is 317 Å². The van der Waals surface area contributed by atoms with Crippen LogP contribution in [0.15, 0.2) is 12.7 Å². The minimum absolute atomic E-state index is 0.00629. The van der Waals surface area contributed by atoms with E-state index in [1.807, 2.05) is 62.3 Å². The molecule has 0 bridgehead atoms. The number of thioether (sulfide) groups is 2. The SMILES string of the molecule is C=CCNC(=O)C(=O)C(CCCC)NC(=O)[C@@H]1CC2(CN1C(=O)[C@@H](NC(=O)N[C@@H](CN1C(=O)CC(C)(C)CC1=O)C(C)(C)C)C(C)(C)C)SCCS2. The lowest BCUT2D eigenvalue weighted by Crippen LogP contribution is -2.62. The van der Waals surface area contributed by atoms with Crippen molar-refractivity contribution in [3.8, 4) is 0 Å². The molecule has 4 atom stereocenters. The van der Waals surface area contributed by atoms with Gasteiger partial charge >= 0.3 is 6.03 Å². The summed E-state index contributed by atoms with van der Waals surface area (Å²) in [6.07, 6.45) is 3.88. The molecule has 4 N–H and O–H groups in total. The number of carbonyl (C=O) groups excluding carboxylic acids is 7. The second-order valence-electron chi connectivity index (χ2n) is 17.1.